The highest BCUT2D eigenvalue weighted by Crippen LogP contribution is 2.21. The normalized spacial score (nSPS) is 9.42. The van der Waals surface area contributed by atoms with E-state index >= 15 is 0 Å². The van der Waals surface area contributed by atoms with E-state index in [1.54, 1.807) is 12.1 Å². The fourth-order valence-electron chi connectivity index (χ4n) is 0.867. The molecule has 12 heavy (non-hydrogen) atoms. The maximum atomic E-state index is 8.66. The number of hydrogen-bond donors (Lipinski definition) is 1. The van der Waals surface area contributed by atoms with Crippen molar-refractivity contribution in [1.29, 1.82) is 5.26 Å². The lowest BCUT2D eigenvalue weighted by Gasteiger charge is -2.02. The third-order valence-corrected chi connectivity index (χ3v) is 2.37. The first-order chi connectivity index (χ1) is 5.79. The summed E-state index contributed by atoms with van der Waals surface area (Å²) in [5.41, 5.74) is 1.46. The molecule has 1 rings (SSSR count). The van der Waals surface area contributed by atoms with Gasteiger partial charge in [0.05, 0.1) is 12.2 Å². The van der Waals surface area contributed by atoms with E-state index in [1.165, 1.54) is 0 Å². The average Bonchev–Trinajstić information content (AvgIpc) is 2.09. The Hall–Kier alpha value is -0.890. The van der Waals surface area contributed by atoms with Crippen molar-refractivity contribution in [2.75, 3.05) is 0 Å². The van der Waals surface area contributed by atoms with Gasteiger partial charge in [-0.15, -0.1) is 0 Å². The van der Waals surface area contributed by atoms with Crippen LogP contribution in [-0.4, -0.2) is 0 Å². The Labute approximate surface area is 78.8 Å². The summed E-state index contributed by atoms with van der Waals surface area (Å²) in [5, 5.41) is 8.66. The van der Waals surface area contributed by atoms with Crippen LogP contribution in [-0.2, 0) is 11.4 Å². The molecule has 0 bridgehead atoms. The van der Waals surface area contributed by atoms with Gasteiger partial charge in [0.15, 0.2) is 0 Å². The summed E-state index contributed by atoms with van der Waals surface area (Å²) in [6, 6.07) is 7.41. The lowest BCUT2D eigenvalue weighted by molar-refractivity contribution is 0.123. The zero-order valence-electron chi connectivity index (χ0n) is 6.25. The van der Waals surface area contributed by atoms with Gasteiger partial charge in [0.2, 0.25) is 0 Å². The van der Waals surface area contributed by atoms with Gasteiger partial charge < -0.3 is 0 Å². The fraction of sp³-hybridized carbons (Fsp3) is 0.125. The Morgan fingerprint density at radius 3 is 2.92 bits per heavy atom. The van der Waals surface area contributed by atoms with Gasteiger partial charge in [0, 0.05) is 4.47 Å². The molecule has 1 aromatic rings. The molecular formula is C8H7BrN2O. The number of benzene rings is 1. The standard InChI is InChI=1S/C8H7BrN2O/c9-8-6(4-10)2-1-3-7(8)5-12-11/h1-3H,5,11H2. The van der Waals surface area contributed by atoms with Gasteiger partial charge in [0.1, 0.15) is 6.07 Å². The maximum absolute atomic E-state index is 8.66. The number of hydrogen-bond acceptors (Lipinski definition) is 3. The Morgan fingerprint density at radius 1 is 1.58 bits per heavy atom. The van der Waals surface area contributed by atoms with Crippen LogP contribution in [0.1, 0.15) is 11.1 Å². The Balaban J connectivity index is 3.07. The number of nitriles is 1. The molecule has 0 spiro atoms. The summed E-state index contributed by atoms with van der Waals surface area (Å²) in [5.74, 6) is 4.92. The van der Waals surface area contributed by atoms with E-state index in [0.717, 1.165) is 10.0 Å². The topological polar surface area (TPSA) is 59.0 Å². The Kier molecular flexibility index (Phi) is 3.23. The van der Waals surface area contributed by atoms with E-state index in [0.29, 0.717) is 12.2 Å². The largest absolute Gasteiger partial charge is 0.300 e. The summed E-state index contributed by atoms with van der Waals surface area (Å²) in [6.07, 6.45) is 0. The number of nitrogens with zero attached hydrogens (tertiary/aromatic N) is 1. The SMILES string of the molecule is N#Cc1cccc(CON)c1Br. The number of nitrogens with two attached hydrogens (primary N) is 1. The zero-order chi connectivity index (χ0) is 8.97. The molecule has 4 heteroatoms. The van der Waals surface area contributed by atoms with Crippen LogP contribution in [0.4, 0.5) is 0 Å². The van der Waals surface area contributed by atoms with E-state index in [1.807, 2.05) is 6.07 Å². The molecule has 0 amide bonds. The molecule has 0 aliphatic carbocycles. The molecule has 2 N–H and O–H groups in total. The van der Waals surface area contributed by atoms with Crippen molar-refractivity contribution in [2.24, 2.45) is 5.90 Å². The predicted molar refractivity (Wildman–Crippen MR) is 47.8 cm³/mol. The lowest BCUT2D eigenvalue weighted by Crippen LogP contribution is -2.00. The van der Waals surface area contributed by atoms with Crippen LogP contribution in [0.15, 0.2) is 22.7 Å². The van der Waals surface area contributed by atoms with E-state index in [-0.39, 0.29) is 0 Å². The molecule has 0 aromatic heterocycles. The van der Waals surface area contributed by atoms with E-state index in [2.05, 4.69) is 26.8 Å². The summed E-state index contributed by atoms with van der Waals surface area (Å²) < 4.78 is 0.748. The highest BCUT2D eigenvalue weighted by atomic mass is 79.9. The van der Waals surface area contributed by atoms with Crippen LogP contribution >= 0.6 is 15.9 Å². The van der Waals surface area contributed by atoms with Gasteiger partial charge in [-0.1, -0.05) is 12.1 Å². The third-order valence-electron chi connectivity index (χ3n) is 1.44. The molecule has 0 aliphatic heterocycles. The molecule has 3 nitrogen and oxygen atoms in total. The Morgan fingerprint density at radius 2 is 2.33 bits per heavy atom. The van der Waals surface area contributed by atoms with Crippen LogP contribution in [0.25, 0.3) is 0 Å². The quantitative estimate of drug-likeness (QED) is 0.782. The van der Waals surface area contributed by atoms with Gasteiger partial charge in [-0.05, 0) is 27.6 Å². The average molecular weight is 227 g/mol. The molecule has 62 valence electrons. The minimum atomic E-state index is 0.302. The van der Waals surface area contributed by atoms with Gasteiger partial charge in [-0.2, -0.15) is 5.26 Å². The first-order valence-electron chi connectivity index (χ1n) is 3.28. The van der Waals surface area contributed by atoms with Gasteiger partial charge in [0.25, 0.3) is 0 Å². The minimum absolute atomic E-state index is 0.302. The van der Waals surface area contributed by atoms with Crippen LogP contribution in [0.2, 0.25) is 0 Å². The number of rotatable bonds is 2. The van der Waals surface area contributed by atoms with Gasteiger partial charge in [-0.3, -0.25) is 4.84 Å². The first-order valence-corrected chi connectivity index (χ1v) is 4.08. The highest BCUT2D eigenvalue weighted by Gasteiger charge is 2.03. The van der Waals surface area contributed by atoms with Crippen LogP contribution < -0.4 is 5.90 Å². The third kappa shape index (κ3) is 1.83. The van der Waals surface area contributed by atoms with Crippen molar-refractivity contribution in [3.05, 3.63) is 33.8 Å². The summed E-state index contributed by atoms with van der Waals surface area (Å²) in [4.78, 5) is 4.47. The second kappa shape index (κ2) is 4.21. The molecule has 0 saturated carbocycles. The Bertz CT molecular complexity index is 319. The molecule has 0 atom stereocenters. The van der Waals surface area contributed by atoms with Crippen molar-refractivity contribution in [3.8, 4) is 6.07 Å². The van der Waals surface area contributed by atoms with Crippen molar-refractivity contribution in [2.45, 2.75) is 6.61 Å². The fourth-order valence-corrected chi connectivity index (χ4v) is 1.33. The van der Waals surface area contributed by atoms with Crippen molar-refractivity contribution in [3.63, 3.8) is 0 Å². The second-order valence-electron chi connectivity index (χ2n) is 2.20. The second-order valence-corrected chi connectivity index (χ2v) is 2.99. The number of halogens is 1. The molecule has 0 radical (unpaired) electrons. The smallest absolute Gasteiger partial charge is 0.100 e. The van der Waals surface area contributed by atoms with Crippen molar-refractivity contribution in [1.82, 2.24) is 0 Å². The van der Waals surface area contributed by atoms with Crippen LogP contribution in [0, 0.1) is 11.3 Å². The predicted octanol–water partition coefficient (Wildman–Crippen LogP) is 1.71. The van der Waals surface area contributed by atoms with Gasteiger partial charge >= 0.3 is 0 Å². The summed E-state index contributed by atoms with van der Waals surface area (Å²) in [6.45, 7) is 0.302. The molecule has 1 aromatic carbocycles. The monoisotopic (exact) mass is 226 g/mol. The molecule has 0 heterocycles. The maximum Gasteiger partial charge on any atom is 0.100 e. The molecule has 0 aliphatic rings. The van der Waals surface area contributed by atoms with Gasteiger partial charge in [-0.25, -0.2) is 5.90 Å². The summed E-state index contributed by atoms with van der Waals surface area (Å²) in [7, 11) is 0. The van der Waals surface area contributed by atoms with E-state index in [9.17, 15) is 0 Å². The highest BCUT2D eigenvalue weighted by molar-refractivity contribution is 9.10. The summed E-state index contributed by atoms with van der Waals surface area (Å²) >= 11 is 3.28. The van der Waals surface area contributed by atoms with E-state index in [4.69, 9.17) is 11.2 Å². The van der Waals surface area contributed by atoms with Crippen molar-refractivity contribution >= 4 is 15.9 Å². The molecule has 0 fully saturated rings. The first kappa shape index (κ1) is 9.20. The lowest BCUT2D eigenvalue weighted by atomic mass is 10.1. The van der Waals surface area contributed by atoms with E-state index < -0.39 is 0 Å². The molecular weight excluding hydrogens is 220 g/mol. The van der Waals surface area contributed by atoms with Crippen molar-refractivity contribution < 1.29 is 4.84 Å². The van der Waals surface area contributed by atoms with Crippen LogP contribution in [0.5, 0.6) is 0 Å². The molecule has 0 saturated heterocycles. The van der Waals surface area contributed by atoms with Crippen LogP contribution in [0.3, 0.4) is 0 Å². The zero-order valence-corrected chi connectivity index (χ0v) is 7.84. The molecule has 0 unspecified atom stereocenters. The minimum Gasteiger partial charge on any atom is -0.300 e.